The van der Waals surface area contributed by atoms with E-state index < -0.39 is 20.0 Å². The zero-order chi connectivity index (χ0) is 18.7. The fourth-order valence-corrected chi connectivity index (χ4v) is 5.97. The van der Waals surface area contributed by atoms with Crippen LogP contribution in [0.5, 0.6) is 0 Å². The molecule has 1 aromatic carbocycles. The predicted octanol–water partition coefficient (Wildman–Crippen LogP) is 0.993. The maximum absolute atomic E-state index is 12.7. The molecular weight excluding hydrogens is 362 g/mol. The molecule has 7 nitrogen and oxygen atoms in total. The molecule has 0 radical (unpaired) electrons. The van der Waals surface area contributed by atoms with Crippen molar-refractivity contribution in [3.63, 3.8) is 0 Å². The lowest BCUT2D eigenvalue weighted by Gasteiger charge is -2.30. The van der Waals surface area contributed by atoms with E-state index in [0.29, 0.717) is 19.5 Å². The van der Waals surface area contributed by atoms with Crippen molar-refractivity contribution in [1.29, 1.82) is 0 Å². The second-order valence-electron chi connectivity index (χ2n) is 6.26. The highest BCUT2D eigenvalue weighted by Gasteiger charge is 2.28. The third-order valence-electron chi connectivity index (χ3n) is 4.55. The normalized spacial score (nSPS) is 22.2. The Morgan fingerprint density at radius 3 is 2.40 bits per heavy atom. The van der Waals surface area contributed by atoms with Gasteiger partial charge in [0.05, 0.1) is 9.79 Å². The van der Waals surface area contributed by atoms with Gasteiger partial charge in [-0.2, -0.15) is 4.31 Å². The monoisotopic (exact) mass is 389 g/mol. The van der Waals surface area contributed by atoms with E-state index in [1.165, 1.54) is 28.6 Å². The molecule has 0 bridgehead atoms. The van der Waals surface area contributed by atoms with Crippen molar-refractivity contribution in [3.8, 4) is 0 Å². The molecule has 1 fully saturated rings. The summed E-state index contributed by atoms with van der Waals surface area (Å²) in [6.45, 7) is 7.67. The summed E-state index contributed by atoms with van der Waals surface area (Å²) in [6.07, 6.45) is 0.706. The third-order valence-corrected chi connectivity index (χ3v) is 8.08. The molecule has 1 aliphatic heterocycles. The first-order valence-corrected chi connectivity index (χ1v) is 11.5. The smallest absolute Gasteiger partial charge is 0.243 e. The van der Waals surface area contributed by atoms with Gasteiger partial charge in [0.2, 0.25) is 20.0 Å². The van der Waals surface area contributed by atoms with Crippen LogP contribution in [0, 0.1) is 5.92 Å². The lowest BCUT2D eigenvalue weighted by Crippen LogP contribution is -2.48. The Bertz CT molecular complexity index is 789. The largest absolute Gasteiger partial charge is 0.316 e. The highest BCUT2D eigenvalue weighted by Crippen LogP contribution is 2.21. The molecule has 9 heteroatoms. The van der Waals surface area contributed by atoms with E-state index in [1.54, 1.807) is 13.8 Å². The summed E-state index contributed by atoms with van der Waals surface area (Å²) < 4.78 is 54.7. The lowest BCUT2D eigenvalue weighted by molar-refractivity contribution is 0.328. The van der Waals surface area contributed by atoms with Gasteiger partial charge in [0.25, 0.3) is 0 Å². The summed E-state index contributed by atoms with van der Waals surface area (Å²) in [5.41, 5.74) is 0. The maximum atomic E-state index is 12.7. The van der Waals surface area contributed by atoms with Crippen molar-refractivity contribution in [2.24, 2.45) is 5.92 Å². The van der Waals surface area contributed by atoms with Crippen LogP contribution in [0.3, 0.4) is 0 Å². The van der Waals surface area contributed by atoms with Gasteiger partial charge < -0.3 is 5.32 Å². The highest BCUT2D eigenvalue weighted by molar-refractivity contribution is 7.90. The lowest BCUT2D eigenvalue weighted by atomic mass is 9.97. The van der Waals surface area contributed by atoms with Crippen molar-refractivity contribution in [2.45, 2.75) is 43.0 Å². The van der Waals surface area contributed by atoms with Crippen LogP contribution in [0.25, 0.3) is 0 Å². The molecule has 2 unspecified atom stereocenters. The minimum atomic E-state index is -3.78. The van der Waals surface area contributed by atoms with Crippen LogP contribution in [0.2, 0.25) is 0 Å². The van der Waals surface area contributed by atoms with E-state index in [2.05, 4.69) is 10.0 Å². The fourth-order valence-electron chi connectivity index (χ4n) is 2.97. The van der Waals surface area contributed by atoms with Crippen LogP contribution in [-0.2, 0) is 20.0 Å². The fraction of sp³-hybridized carbons (Fsp3) is 0.625. The van der Waals surface area contributed by atoms with Gasteiger partial charge in [0.15, 0.2) is 0 Å². The summed E-state index contributed by atoms with van der Waals surface area (Å²) in [5.74, 6) is 0.172. The molecule has 0 saturated carbocycles. The van der Waals surface area contributed by atoms with Gasteiger partial charge in [0, 0.05) is 19.1 Å². The number of hydrogen-bond donors (Lipinski definition) is 2. The second kappa shape index (κ2) is 8.13. The molecule has 0 aliphatic carbocycles. The first kappa shape index (κ1) is 20.3. The van der Waals surface area contributed by atoms with Gasteiger partial charge in [0.1, 0.15) is 0 Å². The Morgan fingerprint density at radius 2 is 1.80 bits per heavy atom. The van der Waals surface area contributed by atoms with Gasteiger partial charge in [-0.1, -0.05) is 26.8 Å². The van der Waals surface area contributed by atoms with Crippen LogP contribution < -0.4 is 10.0 Å². The van der Waals surface area contributed by atoms with Crippen molar-refractivity contribution in [3.05, 3.63) is 24.3 Å². The SMILES string of the molecule is CCN(CC)S(=O)(=O)c1cccc(S(=O)(=O)NC2CCNCC2C)c1. The summed E-state index contributed by atoms with van der Waals surface area (Å²) in [7, 11) is -7.47. The van der Waals surface area contributed by atoms with Gasteiger partial charge in [-0.05, 0) is 43.6 Å². The average Bonchev–Trinajstić information content (AvgIpc) is 2.58. The summed E-state index contributed by atoms with van der Waals surface area (Å²) in [6, 6.07) is 5.41. The summed E-state index contributed by atoms with van der Waals surface area (Å²) >= 11 is 0. The van der Waals surface area contributed by atoms with Crippen LogP contribution in [0.4, 0.5) is 0 Å². The van der Waals surface area contributed by atoms with E-state index >= 15 is 0 Å². The Kier molecular flexibility index (Phi) is 6.61. The topological polar surface area (TPSA) is 95.6 Å². The molecule has 0 amide bonds. The van der Waals surface area contributed by atoms with Crippen molar-refractivity contribution in [1.82, 2.24) is 14.3 Å². The van der Waals surface area contributed by atoms with Gasteiger partial charge in [-0.3, -0.25) is 0 Å². The first-order chi connectivity index (χ1) is 11.7. The number of benzene rings is 1. The van der Waals surface area contributed by atoms with Crippen LogP contribution in [0.1, 0.15) is 27.2 Å². The van der Waals surface area contributed by atoms with Gasteiger partial charge >= 0.3 is 0 Å². The number of piperidine rings is 1. The minimum Gasteiger partial charge on any atom is -0.316 e. The maximum Gasteiger partial charge on any atom is 0.243 e. The molecule has 2 N–H and O–H groups in total. The van der Waals surface area contributed by atoms with Crippen LogP contribution in [-0.4, -0.2) is 53.4 Å². The molecule has 2 rings (SSSR count). The minimum absolute atomic E-state index is 0.00238. The molecule has 0 spiro atoms. The molecule has 1 saturated heterocycles. The molecule has 1 heterocycles. The Hall–Kier alpha value is -1.00. The highest BCUT2D eigenvalue weighted by atomic mass is 32.2. The summed E-state index contributed by atoms with van der Waals surface area (Å²) in [4.78, 5) is -0.0242. The molecular formula is C16H27N3O4S2. The second-order valence-corrected chi connectivity index (χ2v) is 9.91. The number of hydrogen-bond acceptors (Lipinski definition) is 5. The van der Waals surface area contributed by atoms with Crippen LogP contribution >= 0.6 is 0 Å². The number of nitrogens with one attached hydrogen (secondary N) is 2. The van der Waals surface area contributed by atoms with Crippen molar-refractivity contribution < 1.29 is 16.8 Å². The van der Waals surface area contributed by atoms with E-state index in [0.717, 1.165) is 13.1 Å². The zero-order valence-corrected chi connectivity index (χ0v) is 16.5. The summed E-state index contributed by atoms with van der Waals surface area (Å²) in [5, 5.41) is 3.22. The molecule has 1 aliphatic rings. The Labute approximate surface area is 150 Å². The third kappa shape index (κ3) is 4.59. The van der Waals surface area contributed by atoms with Gasteiger partial charge in [-0.25, -0.2) is 21.6 Å². The Balaban J connectivity index is 2.31. The molecule has 2 atom stereocenters. The van der Waals surface area contributed by atoms with E-state index in [1.807, 2.05) is 6.92 Å². The number of rotatable bonds is 7. The number of nitrogens with zero attached hydrogens (tertiary/aromatic N) is 1. The number of sulfonamides is 2. The van der Waals surface area contributed by atoms with Gasteiger partial charge in [-0.15, -0.1) is 0 Å². The van der Waals surface area contributed by atoms with E-state index in [4.69, 9.17) is 0 Å². The quantitative estimate of drug-likeness (QED) is 0.725. The first-order valence-electron chi connectivity index (χ1n) is 8.55. The Morgan fingerprint density at radius 1 is 1.16 bits per heavy atom. The van der Waals surface area contributed by atoms with E-state index in [-0.39, 0.29) is 21.8 Å². The standard InChI is InChI=1S/C16H27N3O4S2/c1-4-19(5-2)25(22,23)15-8-6-7-14(11-15)24(20,21)18-16-9-10-17-12-13(16)3/h6-8,11,13,16-18H,4-5,9-10,12H2,1-3H3. The average molecular weight is 390 g/mol. The van der Waals surface area contributed by atoms with Crippen molar-refractivity contribution in [2.75, 3.05) is 26.2 Å². The predicted molar refractivity (Wildman–Crippen MR) is 97.3 cm³/mol. The van der Waals surface area contributed by atoms with E-state index in [9.17, 15) is 16.8 Å². The molecule has 0 aromatic heterocycles. The van der Waals surface area contributed by atoms with Crippen LogP contribution in [0.15, 0.2) is 34.1 Å². The molecule has 25 heavy (non-hydrogen) atoms. The zero-order valence-electron chi connectivity index (χ0n) is 14.9. The molecule has 1 aromatic rings. The van der Waals surface area contributed by atoms with Crippen molar-refractivity contribution >= 4 is 20.0 Å². The molecule has 142 valence electrons.